The van der Waals surface area contributed by atoms with E-state index in [0.29, 0.717) is 35.1 Å². The lowest BCUT2D eigenvalue weighted by Gasteiger charge is -2.38. The SMILES string of the molecule is CSc1nc2n(n1)C(c1ccc(C(F)(F)F)cc1)C1=C(CC(C)(C)CC1=O)N2. The fourth-order valence-electron chi connectivity index (χ4n) is 3.84. The Labute approximate surface area is 164 Å². The number of benzene rings is 1. The minimum Gasteiger partial charge on any atom is -0.328 e. The van der Waals surface area contributed by atoms with E-state index in [1.54, 1.807) is 4.68 Å². The molecule has 1 N–H and O–H groups in total. The van der Waals surface area contributed by atoms with E-state index in [0.717, 1.165) is 17.8 Å². The van der Waals surface area contributed by atoms with Gasteiger partial charge in [0.15, 0.2) is 5.78 Å². The van der Waals surface area contributed by atoms with Crippen molar-refractivity contribution >= 4 is 23.5 Å². The van der Waals surface area contributed by atoms with Gasteiger partial charge in [0.1, 0.15) is 6.04 Å². The molecule has 5 nitrogen and oxygen atoms in total. The first-order valence-electron chi connectivity index (χ1n) is 8.80. The molecule has 1 aliphatic carbocycles. The van der Waals surface area contributed by atoms with Crippen molar-refractivity contribution < 1.29 is 18.0 Å². The number of nitrogens with one attached hydrogen (secondary N) is 1. The van der Waals surface area contributed by atoms with Crippen LogP contribution in [0.3, 0.4) is 0 Å². The molecule has 0 fully saturated rings. The molecule has 4 rings (SSSR count). The fourth-order valence-corrected chi connectivity index (χ4v) is 4.19. The Hall–Kier alpha value is -2.29. The van der Waals surface area contributed by atoms with Crippen LogP contribution in [-0.2, 0) is 11.0 Å². The van der Waals surface area contributed by atoms with Crippen LogP contribution in [-0.4, -0.2) is 26.8 Å². The summed E-state index contributed by atoms with van der Waals surface area (Å²) in [6.07, 6.45) is -1.53. The van der Waals surface area contributed by atoms with Crippen LogP contribution in [0.1, 0.15) is 43.9 Å². The van der Waals surface area contributed by atoms with Gasteiger partial charge in [-0.1, -0.05) is 37.7 Å². The minimum absolute atomic E-state index is 0.0181. The van der Waals surface area contributed by atoms with E-state index in [9.17, 15) is 18.0 Å². The van der Waals surface area contributed by atoms with Crippen molar-refractivity contribution in [1.82, 2.24) is 14.8 Å². The number of anilines is 1. The predicted molar refractivity (Wildman–Crippen MR) is 100 cm³/mol. The maximum atomic E-state index is 13.0. The molecular formula is C19H19F3N4OS. The van der Waals surface area contributed by atoms with E-state index in [1.807, 2.05) is 20.1 Å². The number of hydrogen-bond donors (Lipinski definition) is 1. The Balaban J connectivity index is 1.86. The smallest absolute Gasteiger partial charge is 0.328 e. The monoisotopic (exact) mass is 408 g/mol. The largest absolute Gasteiger partial charge is 0.416 e. The van der Waals surface area contributed by atoms with Gasteiger partial charge in [-0.25, -0.2) is 4.68 Å². The van der Waals surface area contributed by atoms with Crippen molar-refractivity contribution in [2.75, 3.05) is 11.6 Å². The summed E-state index contributed by atoms with van der Waals surface area (Å²) < 4.78 is 40.5. The average molecular weight is 408 g/mol. The molecule has 28 heavy (non-hydrogen) atoms. The van der Waals surface area contributed by atoms with Crippen LogP contribution in [0.15, 0.2) is 40.7 Å². The number of carbonyl (C=O) groups is 1. The van der Waals surface area contributed by atoms with Crippen LogP contribution < -0.4 is 5.32 Å². The van der Waals surface area contributed by atoms with Crippen molar-refractivity contribution in [3.8, 4) is 0 Å². The first-order chi connectivity index (χ1) is 13.1. The fraction of sp³-hybridized carbons (Fsp3) is 0.421. The van der Waals surface area contributed by atoms with Gasteiger partial charge < -0.3 is 5.32 Å². The van der Waals surface area contributed by atoms with Crippen molar-refractivity contribution in [3.63, 3.8) is 0 Å². The Morgan fingerprint density at radius 2 is 1.89 bits per heavy atom. The van der Waals surface area contributed by atoms with Gasteiger partial charge in [0.25, 0.3) is 0 Å². The highest BCUT2D eigenvalue weighted by Crippen LogP contribution is 2.45. The average Bonchev–Trinajstić information content (AvgIpc) is 3.01. The molecule has 0 spiro atoms. The number of halogens is 3. The van der Waals surface area contributed by atoms with E-state index in [-0.39, 0.29) is 11.2 Å². The summed E-state index contributed by atoms with van der Waals surface area (Å²) in [7, 11) is 0. The Kier molecular flexibility index (Phi) is 4.33. The number of ketones is 1. The minimum atomic E-state index is -4.41. The summed E-state index contributed by atoms with van der Waals surface area (Å²) in [6, 6.07) is 4.33. The summed E-state index contributed by atoms with van der Waals surface area (Å²) in [6.45, 7) is 4.05. The second-order valence-corrected chi connectivity index (χ2v) is 8.62. The molecule has 0 saturated heterocycles. The van der Waals surface area contributed by atoms with Gasteiger partial charge in [-0.15, -0.1) is 5.10 Å². The molecule has 1 atom stereocenters. The molecule has 1 aromatic heterocycles. The number of Topliss-reactive ketones (excluding diaryl/α,β-unsaturated/α-hetero) is 1. The first-order valence-corrected chi connectivity index (χ1v) is 10.0. The molecule has 2 heterocycles. The van der Waals surface area contributed by atoms with E-state index in [2.05, 4.69) is 15.4 Å². The van der Waals surface area contributed by atoms with Crippen LogP contribution in [0.4, 0.5) is 19.1 Å². The summed E-state index contributed by atoms with van der Waals surface area (Å²) in [4.78, 5) is 17.4. The predicted octanol–water partition coefficient (Wildman–Crippen LogP) is 4.68. The molecule has 9 heteroatoms. The van der Waals surface area contributed by atoms with Crippen LogP contribution in [0.5, 0.6) is 0 Å². The molecule has 1 aliphatic heterocycles. The maximum Gasteiger partial charge on any atom is 0.416 e. The highest BCUT2D eigenvalue weighted by Gasteiger charge is 2.42. The van der Waals surface area contributed by atoms with Crippen LogP contribution in [0.25, 0.3) is 0 Å². The maximum absolute atomic E-state index is 13.0. The van der Waals surface area contributed by atoms with Crippen molar-refractivity contribution in [1.29, 1.82) is 0 Å². The van der Waals surface area contributed by atoms with Gasteiger partial charge in [-0.2, -0.15) is 18.2 Å². The molecule has 1 aromatic carbocycles. The van der Waals surface area contributed by atoms with E-state index in [4.69, 9.17) is 0 Å². The second-order valence-electron chi connectivity index (χ2n) is 7.85. The molecule has 2 aromatic rings. The van der Waals surface area contributed by atoms with Gasteiger partial charge in [-0.3, -0.25) is 4.79 Å². The summed E-state index contributed by atoms with van der Waals surface area (Å²) in [5, 5.41) is 8.22. The first kappa shape index (κ1) is 19.0. The summed E-state index contributed by atoms with van der Waals surface area (Å²) >= 11 is 1.36. The molecule has 148 valence electrons. The molecule has 0 radical (unpaired) electrons. The second kappa shape index (κ2) is 6.37. The van der Waals surface area contributed by atoms with E-state index >= 15 is 0 Å². The number of fused-ring (bicyclic) bond motifs is 1. The Bertz CT molecular complexity index is 976. The Morgan fingerprint density at radius 1 is 1.21 bits per heavy atom. The highest BCUT2D eigenvalue weighted by molar-refractivity contribution is 7.98. The Morgan fingerprint density at radius 3 is 2.50 bits per heavy atom. The zero-order chi connectivity index (χ0) is 20.3. The van der Waals surface area contributed by atoms with Gasteiger partial charge in [0.2, 0.25) is 11.1 Å². The van der Waals surface area contributed by atoms with Crippen LogP contribution in [0, 0.1) is 5.41 Å². The van der Waals surface area contributed by atoms with E-state index < -0.39 is 17.8 Å². The third kappa shape index (κ3) is 3.21. The standard InChI is InChI=1S/C19H19F3N4OS/c1-18(2)8-12-14(13(27)9-18)15(26-16(23-12)24-17(25-26)28-3)10-4-6-11(7-5-10)19(20,21)22/h4-7,15H,8-9H2,1-3H3,(H,23,24,25). The van der Waals surface area contributed by atoms with Gasteiger partial charge in [0.05, 0.1) is 5.56 Å². The molecule has 0 saturated carbocycles. The highest BCUT2D eigenvalue weighted by atomic mass is 32.2. The number of carbonyl (C=O) groups excluding carboxylic acids is 1. The lowest BCUT2D eigenvalue weighted by Crippen LogP contribution is -2.36. The molecular weight excluding hydrogens is 389 g/mol. The number of hydrogen-bond acceptors (Lipinski definition) is 5. The summed E-state index contributed by atoms with van der Waals surface area (Å²) in [5.41, 5.74) is 0.994. The number of thioether (sulfide) groups is 1. The van der Waals surface area contributed by atoms with Crippen molar-refractivity contribution in [2.45, 2.75) is 44.1 Å². The van der Waals surface area contributed by atoms with Crippen molar-refractivity contribution in [2.24, 2.45) is 5.41 Å². The lowest BCUT2D eigenvalue weighted by atomic mass is 9.73. The van der Waals surface area contributed by atoms with Gasteiger partial charge in [-0.05, 0) is 35.8 Å². The number of rotatable bonds is 2. The number of nitrogens with zero attached hydrogens (tertiary/aromatic N) is 3. The summed E-state index contributed by atoms with van der Waals surface area (Å²) in [5.74, 6) is 0.481. The normalized spacial score (nSPS) is 21.2. The number of aromatic nitrogens is 3. The third-order valence-corrected chi connectivity index (χ3v) is 5.59. The molecule has 0 bridgehead atoms. The molecule has 0 amide bonds. The quantitative estimate of drug-likeness (QED) is 0.732. The van der Waals surface area contributed by atoms with Crippen LogP contribution >= 0.6 is 11.8 Å². The third-order valence-electron chi connectivity index (χ3n) is 5.05. The topological polar surface area (TPSA) is 59.8 Å². The van der Waals surface area contributed by atoms with Gasteiger partial charge in [0, 0.05) is 17.7 Å². The van der Waals surface area contributed by atoms with Crippen molar-refractivity contribution in [3.05, 3.63) is 46.7 Å². The molecule has 1 unspecified atom stereocenters. The number of alkyl halides is 3. The van der Waals surface area contributed by atoms with Crippen LogP contribution in [0.2, 0.25) is 0 Å². The lowest BCUT2D eigenvalue weighted by molar-refractivity contribution is -0.137. The molecule has 2 aliphatic rings. The zero-order valence-electron chi connectivity index (χ0n) is 15.6. The van der Waals surface area contributed by atoms with Gasteiger partial charge >= 0.3 is 6.18 Å². The van der Waals surface area contributed by atoms with E-state index in [1.165, 1.54) is 23.9 Å². The number of allylic oxidation sites excluding steroid dienone is 2. The zero-order valence-corrected chi connectivity index (χ0v) is 16.4.